The zero-order valence-electron chi connectivity index (χ0n) is 15.1. The number of nitrogens with zero attached hydrogens (tertiary/aromatic N) is 2. The van der Waals surface area contributed by atoms with Crippen LogP contribution in [0.3, 0.4) is 0 Å². The second-order valence-corrected chi connectivity index (χ2v) is 6.53. The van der Waals surface area contributed by atoms with E-state index < -0.39 is 0 Å². The van der Waals surface area contributed by atoms with Crippen LogP contribution in [0.1, 0.15) is 46.6 Å². The van der Waals surface area contributed by atoms with Gasteiger partial charge in [-0.15, -0.1) is 0 Å². The summed E-state index contributed by atoms with van der Waals surface area (Å²) in [7, 11) is 0. The van der Waals surface area contributed by atoms with Crippen molar-refractivity contribution in [3.8, 4) is 5.75 Å². The topological polar surface area (TPSA) is 57.3 Å². The van der Waals surface area contributed by atoms with Crippen LogP contribution in [0, 0.1) is 13.8 Å². The summed E-state index contributed by atoms with van der Waals surface area (Å²) in [4.78, 5) is 12.5. The van der Waals surface area contributed by atoms with E-state index in [0.717, 1.165) is 18.6 Å². The molecule has 6 heteroatoms. The molecule has 0 saturated carbocycles. The summed E-state index contributed by atoms with van der Waals surface area (Å²) < 4.78 is 12.6. The molecule has 0 amide bonds. The molecule has 0 fully saturated rings. The number of carbonyl (C=O) groups excluding carboxylic acids is 1. The van der Waals surface area contributed by atoms with E-state index in [0.29, 0.717) is 22.2 Å². The molecule has 3 rings (SSSR count). The maximum absolute atomic E-state index is 12.5. The lowest BCUT2D eigenvalue weighted by Crippen LogP contribution is -2.14. The minimum absolute atomic E-state index is 0.198. The molecule has 2 heterocycles. The van der Waals surface area contributed by atoms with Gasteiger partial charge in [0, 0.05) is 0 Å². The summed E-state index contributed by atoms with van der Waals surface area (Å²) in [6.07, 6.45) is 2.17. The summed E-state index contributed by atoms with van der Waals surface area (Å²) in [5.74, 6) is 1.18. The van der Waals surface area contributed by atoms with E-state index >= 15 is 0 Å². The van der Waals surface area contributed by atoms with Gasteiger partial charge in [-0.1, -0.05) is 37.1 Å². The quantitative estimate of drug-likeness (QED) is 0.613. The molecule has 5 nitrogen and oxygen atoms in total. The lowest BCUT2D eigenvalue weighted by Gasteiger charge is -2.05. The smallest absolute Gasteiger partial charge is 0.314 e. The Morgan fingerprint density at radius 3 is 2.54 bits per heavy atom. The zero-order chi connectivity index (χ0) is 18.7. The van der Waals surface area contributed by atoms with E-state index in [1.165, 1.54) is 10.2 Å². The van der Waals surface area contributed by atoms with Crippen LogP contribution < -0.4 is 4.74 Å². The molecule has 3 aromatic rings. The summed E-state index contributed by atoms with van der Waals surface area (Å²) in [5.41, 5.74) is 2.49. The Kier molecular flexibility index (Phi) is 5.47. The number of halogens is 1. The third kappa shape index (κ3) is 3.83. The molecule has 2 aromatic heterocycles. The third-order valence-electron chi connectivity index (χ3n) is 4.11. The Morgan fingerprint density at radius 1 is 1.19 bits per heavy atom. The van der Waals surface area contributed by atoms with Gasteiger partial charge in [-0.2, -0.15) is 9.78 Å². The van der Waals surface area contributed by atoms with Crippen LogP contribution >= 0.6 is 11.6 Å². The van der Waals surface area contributed by atoms with Crippen LogP contribution in [0.2, 0.25) is 5.02 Å². The van der Waals surface area contributed by atoms with E-state index in [-0.39, 0.29) is 18.3 Å². The SMILES string of the molecule is CCCc1ccc(OCc2ccc(C(=O)n3nc(C)c(Cl)c3C)o2)cc1. The zero-order valence-corrected chi connectivity index (χ0v) is 15.8. The normalized spacial score (nSPS) is 10.9. The highest BCUT2D eigenvalue weighted by atomic mass is 35.5. The first-order valence-corrected chi connectivity index (χ1v) is 8.94. The standard InChI is InChI=1S/C20H21ClN2O3/c1-4-5-15-6-8-16(9-7-15)25-12-17-10-11-18(26-17)20(24)23-14(3)19(21)13(2)22-23/h6-11H,4-5,12H2,1-3H3. The molecule has 0 radical (unpaired) electrons. The van der Waals surface area contributed by atoms with E-state index in [1.807, 2.05) is 12.1 Å². The van der Waals surface area contributed by atoms with Crippen LogP contribution in [-0.4, -0.2) is 15.7 Å². The average Bonchev–Trinajstić information content (AvgIpc) is 3.22. The molecule has 0 aliphatic heterocycles. The third-order valence-corrected chi connectivity index (χ3v) is 4.66. The van der Waals surface area contributed by atoms with E-state index in [2.05, 4.69) is 24.2 Å². The fourth-order valence-electron chi connectivity index (χ4n) is 2.69. The van der Waals surface area contributed by atoms with Crippen LogP contribution in [0.4, 0.5) is 0 Å². The van der Waals surface area contributed by atoms with Crippen LogP contribution in [0.5, 0.6) is 5.75 Å². The van der Waals surface area contributed by atoms with Gasteiger partial charge in [0.2, 0.25) is 0 Å². The Labute approximate surface area is 157 Å². The van der Waals surface area contributed by atoms with Gasteiger partial charge in [-0.05, 0) is 50.1 Å². The summed E-state index contributed by atoms with van der Waals surface area (Å²) >= 11 is 6.10. The van der Waals surface area contributed by atoms with Crippen LogP contribution in [0.15, 0.2) is 40.8 Å². The minimum Gasteiger partial charge on any atom is -0.486 e. The van der Waals surface area contributed by atoms with Gasteiger partial charge in [0.15, 0.2) is 5.76 Å². The number of hydrogen-bond donors (Lipinski definition) is 0. The van der Waals surface area contributed by atoms with Crippen molar-refractivity contribution < 1.29 is 13.9 Å². The molecule has 0 aliphatic rings. The highest BCUT2D eigenvalue weighted by Gasteiger charge is 2.19. The van der Waals surface area contributed by atoms with Crippen molar-refractivity contribution in [2.75, 3.05) is 0 Å². The van der Waals surface area contributed by atoms with Gasteiger partial charge < -0.3 is 9.15 Å². The monoisotopic (exact) mass is 372 g/mol. The number of carbonyl (C=O) groups is 1. The van der Waals surface area contributed by atoms with Crippen molar-refractivity contribution in [3.05, 3.63) is 69.9 Å². The summed E-state index contributed by atoms with van der Waals surface area (Å²) in [5, 5.41) is 4.64. The molecule has 0 atom stereocenters. The molecular formula is C20H21ClN2O3. The summed E-state index contributed by atoms with van der Waals surface area (Å²) in [6, 6.07) is 11.3. The van der Waals surface area contributed by atoms with Crippen LogP contribution in [-0.2, 0) is 13.0 Å². The Balaban J connectivity index is 1.66. The average molecular weight is 373 g/mol. The van der Waals surface area contributed by atoms with Crippen molar-refractivity contribution in [1.82, 2.24) is 9.78 Å². The van der Waals surface area contributed by atoms with Crippen molar-refractivity contribution in [3.63, 3.8) is 0 Å². The maximum Gasteiger partial charge on any atom is 0.314 e. The molecule has 1 aromatic carbocycles. The highest BCUT2D eigenvalue weighted by molar-refractivity contribution is 6.32. The molecule has 0 spiro atoms. The number of rotatable bonds is 6. The lowest BCUT2D eigenvalue weighted by molar-refractivity contribution is 0.0910. The highest BCUT2D eigenvalue weighted by Crippen LogP contribution is 2.21. The first-order valence-electron chi connectivity index (χ1n) is 8.56. The number of hydrogen-bond acceptors (Lipinski definition) is 4. The first-order chi connectivity index (χ1) is 12.5. The van der Waals surface area contributed by atoms with Crippen molar-refractivity contribution >= 4 is 17.5 Å². The van der Waals surface area contributed by atoms with Gasteiger partial charge in [-0.25, -0.2) is 0 Å². The first kappa shape index (κ1) is 18.3. The van der Waals surface area contributed by atoms with Gasteiger partial charge in [-0.3, -0.25) is 4.79 Å². The van der Waals surface area contributed by atoms with Gasteiger partial charge >= 0.3 is 5.91 Å². The molecule has 26 heavy (non-hydrogen) atoms. The molecule has 0 unspecified atom stereocenters. The fraction of sp³-hybridized carbons (Fsp3) is 0.300. The lowest BCUT2D eigenvalue weighted by atomic mass is 10.1. The number of benzene rings is 1. The van der Waals surface area contributed by atoms with Gasteiger partial charge in [0.05, 0.1) is 16.4 Å². The number of ether oxygens (including phenoxy) is 1. The van der Waals surface area contributed by atoms with E-state index in [1.54, 1.807) is 26.0 Å². The fourth-order valence-corrected chi connectivity index (χ4v) is 2.81. The molecule has 0 aliphatic carbocycles. The van der Waals surface area contributed by atoms with Crippen molar-refractivity contribution in [2.24, 2.45) is 0 Å². The second-order valence-electron chi connectivity index (χ2n) is 6.15. The second kappa shape index (κ2) is 7.79. The number of aromatic nitrogens is 2. The van der Waals surface area contributed by atoms with Crippen molar-refractivity contribution in [2.45, 2.75) is 40.2 Å². The van der Waals surface area contributed by atoms with E-state index in [4.69, 9.17) is 20.8 Å². The molecular weight excluding hydrogens is 352 g/mol. The van der Waals surface area contributed by atoms with E-state index in [9.17, 15) is 4.79 Å². The van der Waals surface area contributed by atoms with Crippen LogP contribution in [0.25, 0.3) is 0 Å². The molecule has 136 valence electrons. The predicted molar refractivity (Wildman–Crippen MR) is 99.9 cm³/mol. The van der Waals surface area contributed by atoms with Crippen molar-refractivity contribution in [1.29, 1.82) is 0 Å². The van der Waals surface area contributed by atoms with Gasteiger partial charge in [0.25, 0.3) is 0 Å². The molecule has 0 saturated heterocycles. The molecule has 0 N–H and O–H groups in total. The number of furan rings is 1. The Bertz CT molecular complexity index is 910. The van der Waals surface area contributed by atoms with Gasteiger partial charge in [0.1, 0.15) is 18.1 Å². The Hall–Kier alpha value is -2.53. The predicted octanol–water partition coefficient (Wildman–Crippen LogP) is 4.97. The minimum atomic E-state index is -0.354. The Morgan fingerprint density at radius 2 is 1.92 bits per heavy atom. The summed E-state index contributed by atoms with van der Waals surface area (Å²) in [6.45, 7) is 5.90. The maximum atomic E-state index is 12.5. The molecule has 0 bridgehead atoms. The number of aryl methyl sites for hydroxylation is 2. The largest absolute Gasteiger partial charge is 0.486 e.